The second-order valence-corrected chi connectivity index (χ2v) is 6.47. The first kappa shape index (κ1) is 18.8. The van der Waals surface area contributed by atoms with Gasteiger partial charge in [0.15, 0.2) is 6.10 Å². The third kappa shape index (κ3) is 4.22. The summed E-state index contributed by atoms with van der Waals surface area (Å²) in [6, 6.07) is 6.65. The first-order valence-corrected chi connectivity index (χ1v) is 8.64. The Kier molecular flexibility index (Phi) is 5.36. The molecule has 0 aliphatic carbocycles. The molecular weight excluding hydrogens is 370 g/mol. The van der Waals surface area contributed by atoms with Crippen molar-refractivity contribution in [2.24, 2.45) is 0 Å². The normalized spacial score (nSPS) is 12.0. The van der Waals surface area contributed by atoms with E-state index in [0.717, 1.165) is 5.69 Å². The van der Waals surface area contributed by atoms with Gasteiger partial charge in [-0.1, -0.05) is 11.6 Å². The van der Waals surface area contributed by atoms with Gasteiger partial charge < -0.3 is 10.1 Å². The molecule has 0 spiro atoms. The minimum Gasteiger partial charge on any atom is -0.452 e. The van der Waals surface area contributed by atoms with Gasteiger partial charge in [-0.15, -0.1) is 0 Å². The minimum absolute atomic E-state index is 0.0148. The first-order chi connectivity index (χ1) is 12.8. The van der Waals surface area contributed by atoms with Crippen molar-refractivity contribution in [1.82, 2.24) is 19.6 Å². The lowest BCUT2D eigenvalue weighted by molar-refractivity contribution is -0.152. The van der Waals surface area contributed by atoms with Crippen molar-refractivity contribution in [3.05, 3.63) is 52.6 Å². The molecule has 0 aliphatic rings. The van der Waals surface area contributed by atoms with Crippen LogP contribution in [-0.4, -0.2) is 37.6 Å². The van der Waals surface area contributed by atoms with Crippen molar-refractivity contribution in [2.45, 2.75) is 33.3 Å². The highest BCUT2D eigenvalue weighted by Crippen LogP contribution is 2.16. The lowest BCUT2D eigenvalue weighted by Gasteiger charge is -2.15. The minimum atomic E-state index is -0.947. The Balaban J connectivity index is 1.65. The summed E-state index contributed by atoms with van der Waals surface area (Å²) in [6.45, 7) is 5.14. The van der Waals surface area contributed by atoms with Crippen LogP contribution in [0.15, 0.2) is 30.6 Å². The Morgan fingerprint density at radius 3 is 2.67 bits per heavy atom. The fraction of sp³-hybridized carbons (Fsp3) is 0.278. The van der Waals surface area contributed by atoms with Gasteiger partial charge in [0, 0.05) is 27.7 Å². The number of hydrogen-bond donors (Lipinski definition) is 1. The van der Waals surface area contributed by atoms with E-state index in [1.54, 1.807) is 35.7 Å². The number of nitrogens with one attached hydrogen (secondary N) is 1. The highest BCUT2D eigenvalue weighted by atomic mass is 35.5. The van der Waals surface area contributed by atoms with Crippen molar-refractivity contribution < 1.29 is 14.3 Å². The summed E-state index contributed by atoms with van der Waals surface area (Å²) in [5.74, 6) is -0.483. The molecule has 0 radical (unpaired) electrons. The fourth-order valence-corrected chi connectivity index (χ4v) is 2.75. The molecule has 0 saturated heterocycles. The summed E-state index contributed by atoms with van der Waals surface area (Å²) in [5.41, 5.74) is 2.69. The number of aryl methyl sites for hydroxylation is 2. The standard InChI is InChI=1S/C18H18ClN5O3/c1-10-15(11(2)24-18(22-10)20-9-21-24)8-16(25)27-12(3)17(26)23-14-6-4-13(19)5-7-14/h4-7,9,12H,8H2,1-3H3,(H,23,26)/t12-/m0/s1. The van der Waals surface area contributed by atoms with Gasteiger partial charge in [-0.3, -0.25) is 9.59 Å². The molecule has 3 rings (SSSR count). The number of benzene rings is 1. The number of hydrogen-bond acceptors (Lipinski definition) is 6. The highest BCUT2D eigenvalue weighted by molar-refractivity contribution is 6.30. The van der Waals surface area contributed by atoms with Crippen LogP contribution in [0.2, 0.25) is 5.02 Å². The van der Waals surface area contributed by atoms with Gasteiger partial charge in [0.2, 0.25) is 0 Å². The third-order valence-electron chi connectivity index (χ3n) is 4.10. The van der Waals surface area contributed by atoms with Gasteiger partial charge in [0.05, 0.1) is 6.42 Å². The first-order valence-electron chi connectivity index (χ1n) is 8.27. The smallest absolute Gasteiger partial charge is 0.311 e. The maximum atomic E-state index is 12.3. The van der Waals surface area contributed by atoms with E-state index in [0.29, 0.717) is 27.7 Å². The zero-order chi connectivity index (χ0) is 19.6. The van der Waals surface area contributed by atoms with Crippen LogP contribution in [0.1, 0.15) is 23.9 Å². The predicted octanol–water partition coefficient (Wildman–Crippen LogP) is 2.51. The second kappa shape index (κ2) is 7.71. The molecule has 1 atom stereocenters. The van der Waals surface area contributed by atoms with Crippen molar-refractivity contribution in [3.8, 4) is 0 Å². The van der Waals surface area contributed by atoms with Gasteiger partial charge in [-0.25, -0.2) is 9.50 Å². The van der Waals surface area contributed by atoms with E-state index in [1.807, 2.05) is 6.92 Å². The molecule has 0 aliphatic heterocycles. The number of aromatic nitrogens is 4. The second-order valence-electron chi connectivity index (χ2n) is 6.04. The van der Waals surface area contributed by atoms with Crippen molar-refractivity contribution in [3.63, 3.8) is 0 Å². The Morgan fingerprint density at radius 2 is 1.96 bits per heavy atom. The van der Waals surface area contributed by atoms with E-state index in [9.17, 15) is 9.59 Å². The highest BCUT2D eigenvalue weighted by Gasteiger charge is 2.20. The van der Waals surface area contributed by atoms with Gasteiger partial charge in [-0.05, 0) is 45.0 Å². The molecule has 1 N–H and O–H groups in total. The molecule has 0 unspecified atom stereocenters. The largest absolute Gasteiger partial charge is 0.452 e. The van der Waals surface area contributed by atoms with Crippen LogP contribution >= 0.6 is 11.6 Å². The molecule has 9 heteroatoms. The molecule has 8 nitrogen and oxygen atoms in total. The summed E-state index contributed by atoms with van der Waals surface area (Å²) in [5, 5.41) is 7.32. The number of anilines is 1. The molecule has 1 amide bonds. The summed E-state index contributed by atoms with van der Waals surface area (Å²) in [6.07, 6.45) is 0.441. The summed E-state index contributed by atoms with van der Waals surface area (Å²) in [7, 11) is 0. The molecule has 2 heterocycles. The van der Waals surface area contributed by atoms with Crippen LogP contribution in [0.4, 0.5) is 5.69 Å². The van der Waals surface area contributed by atoms with Crippen LogP contribution in [0.3, 0.4) is 0 Å². The van der Waals surface area contributed by atoms with Gasteiger partial charge in [0.1, 0.15) is 6.33 Å². The fourth-order valence-electron chi connectivity index (χ4n) is 2.63. The zero-order valence-corrected chi connectivity index (χ0v) is 15.8. The number of nitrogens with zero attached hydrogens (tertiary/aromatic N) is 4. The number of rotatable bonds is 5. The van der Waals surface area contributed by atoms with E-state index >= 15 is 0 Å². The van der Waals surface area contributed by atoms with Crippen LogP contribution in [0.5, 0.6) is 0 Å². The Bertz CT molecular complexity index is 1000. The van der Waals surface area contributed by atoms with Crippen LogP contribution < -0.4 is 5.32 Å². The lowest BCUT2D eigenvalue weighted by atomic mass is 10.1. The number of amides is 1. The molecule has 3 aromatic rings. The van der Waals surface area contributed by atoms with Gasteiger partial charge in [-0.2, -0.15) is 10.1 Å². The molecule has 2 aromatic heterocycles. The molecular formula is C18H18ClN5O3. The Morgan fingerprint density at radius 1 is 1.26 bits per heavy atom. The van der Waals surface area contributed by atoms with E-state index < -0.39 is 18.0 Å². The summed E-state index contributed by atoms with van der Waals surface area (Å²) < 4.78 is 6.83. The predicted molar refractivity (Wildman–Crippen MR) is 99.6 cm³/mol. The molecule has 1 aromatic carbocycles. The van der Waals surface area contributed by atoms with E-state index in [4.69, 9.17) is 16.3 Å². The SMILES string of the molecule is Cc1nc2ncnn2c(C)c1CC(=O)O[C@@H](C)C(=O)Nc1ccc(Cl)cc1. The molecule has 0 saturated carbocycles. The Hall–Kier alpha value is -3.00. The van der Waals surface area contributed by atoms with E-state index in [1.165, 1.54) is 13.3 Å². The maximum Gasteiger partial charge on any atom is 0.311 e. The monoisotopic (exact) mass is 387 g/mol. The van der Waals surface area contributed by atoms with Crippen molar-refractivity contribution in [1.29, 1.82) is 0 Å². The number of ether oxygens (including phenoxy) is 1. The van der Waals surface area contributed by atoms with Crippen LogP contribution in [-0.2, 0) is 20.7 Å². The topological polar surface area (TPSA) is 98.5 Å². The Labute approximate surface area is 160 Å². The maximum absolute atomic E-state index is 12.3. The summed E-state index contributed by atoms with van der Waals surface area (Å²) >= 11 is 5.81. The van der Waals surface area contributed by atoms with Crippen LogP contribution in [0.25, 0.3) is 5.78 Å². The van der Waals surface area contributed by atoms with Crippen LogP contribution in [0, 0.1) is 13.8 Å². The zero-order valence-electron chi connectivity index (χ0n) is 15.1. The third-order valence-corrected chi connectivity index (χ3v) is 4.35. The van der Waals surface area contributed by atoms with E-state index in [-0.39, 0.29) is 6.42 Å². The molecule has 27 heavy (non-hydrogen) atoms. The van der Waals surface area contributed by atoms with Crippen molar-refractivity contribution >= 4 is 34.9 Å². The number of fused-ring (bicyclic) bond motifs is 1. The number of halogens is 1. The van der Waals surface area contributed by atoms with Gasteiger partial charge >= 0.3 is 5.97 Å². The average molecular weight is 388 g/mol. The molecule has 0 fully saturated rings. The lowest BCUT2D eigenvalue weighted by Crippen LogP contribution is -2.30. The molecule has 140 valence electrons. The average Bonchev–Trinajstić information content (AvgIpc) is 3.09. The summed E-state index contributed by atoms with van der Waals surface area (Å²) in [4.78, 5) is 32.9. The number of carbonyl (C=O) groups excluding carboxylic acids is 2. The van der Waals surface area contributed by atoms with E-state index in [2.05, 4.69) is 20.4 Å². The number of carbonyl (C=O) groups is 2. The molecule has 0 bridgehead atoms. The van der Waals surface area contributed by atoms with Crippen molar-refractivity contribution in [2.75, 3.05) is 5.32 Å². The number of esters is 1. The quantitative estimate of drug-likeness (QED) is 0.675. The van der Waals surface area contributed by atoms with Gasteiger partial charge in [0.25, 0.3) is 11.7 Å².